The van der Waals surface area contributed by atoms with Gasteiger partial charge in [0, 0.05) is 37.3 Å². The number of allylic oxidation sites excluding steroid dienone is 5. The summed E-state index contributed by atoms with van der Waals surface area (Å²) in [6.45, 7) is 14.2. The molecule has 1 aliphatic carbocycles. The van der Waals surface area contributed by atoms with Crippen LogP contribution >= 0.6 is 0 Å². The molecule has 6 rings (SSSR count). The minimum Gasteiger partial charge on any atom is -0.462 e. The highest BCUT2D eigenvalue weighted by atomic mass is 16.7. The van der Waals surface area contributed by atoms with Crippen LogP contribution < -0.4 is 0 Å². The van der Waals surface area contributed by atoms with Crippen LogP contribution in [-0.2, 0) is 33.3 Å². The zero-order chi connectivity index (χ0) is 41.2. The van der Waals surface area contributed by atoms with Crippen molar-refractivity contribution >= 4 is 23.3 Å². The second-order valence-electron chi connectivity index (χ2n) is 16.7. The van der Waals surface area contributed by atoms with Crippen LogP contribution in [0, 0.1) is 33.8 Å². The molecule has 1 aromatic rings. The first-order chi connectivity index (χ1) is 27.0. The van der Waals surface area contributed by atoms with E-state index >= 15 is 0 Å². The summed E-state index contributed by atoms with van der Waals surface area (Å²) < 4.78 is 32.4. The van der Waals surface area contributed by atoms with E-state index in [-0.39, 0.29) is 54.2 Å². The fourth-order valence-electron chi connectivity index (χ4n) is 8.98. The minimum absolute atomic E-state index is 0.0178. The first-order valence-corrected chi connectivity index (χ1v) is 19.9. The number of carbonyl (C=O) groups is 2. The predicted octanol–water partition coefficient (Wildman–Crippen LogP) is 7.50. The van der Waals surface area contributed by atoms with Crippen molar-refractivity contribution in [3.05, 3.63) is 98.7 Å². The molecule has 4 aliphatic heterocycles. The molecule has 13 heteroatoms. The van der Waals surface area contributed by atoms with Crippen LogP contribution in [0.25, 0.3) is 0 Å². The van der Waals surface area contributed by atoms with E-state index in [1.54, 1.807) is 19.1 Å². The van der Waals surface area contributed by atoms with Crippen LogP contribution in [0.5, 0.6) is 0 Å². The maximum atomic E-state index is 14.6. The van der Waals surface area contributed by atoms with Crippen molar-refractivity contribution in [2.75, 3.05) is 13.7 Å². The van der Waals surface area contributed by atoms with Gasteiger partial charge in [0.05, 0.1) is 35.0 Å². The fourth-order valence-corrected chi connectivity index (χ4v) is 8.98. The van der Waals surface area contributed by atoms with E-state index < -0.39 is 52.5 Å². The van der Waals surface area contributed by atoms with E-state index in [0.29, 0.717) is 30.4 Å². The average Bonchev–Trinajstić information content (AvgIpc) is 3.48. The molecule has 3 saturated heterocycles. The van der Waals surface area contributed by atoms with Crippen molar-refractivity contribution < 1.29 is 48.1 Å². The number of nitro benzene ring substituents is 1. The fraction of sp³-hybridized carbons (Fsp3) is 0.568. The van der Waals surface area contributed by atoms with Gasteiger partial charge in [0.1, 0.15) is 30.8 Å². The summed E-state index contributed by atoms with van der Waals surface area (Å²) in [5, 5.41) is 28.4. The lowest BCUT2D eigenvalue weighted by Crippen LogP contribution is -2.59. The van der Waals surface area contributed by atoms with Gasteiger partial charge in [0.15, 0.2) is 11.9 Å². The van der Waals surface area contributed by atoms with E-state index in [0.717, 1.165) is 17.7 Å². The Morgan fingerprint density at radius 1 is 1.14 bits per heavy atom. The van der Waals surface area contributed by atoms with Gasteiger partial charge < -0.3 is 33.6 Å². The molecule has 13 nitrogen and oxygen atoms in total. The molecular formula is C44H56N2O11. The topological polar surface area (TPSA) is 165 Å². The van der Waals surface area contributed by atoms with E-state index in [1.165, 1.54) is 36.9 Å². The van der Waals surface area contributed by atoms with E-state index in [4.69, 9.17) is 28.5 Å². The number of benzene rings is 1. The quantitative estimate of drug-likeness (QED) is 0.131. The Kier molecular flexibility index (Phi) is 12.7. The van der Waals surface area contributed by atoms with Gasteiger partial charge >= 0.3 is 11.9 Å². The Morgan fingerprint density at radius 3 is 2.56 bits per heavy atom. The van der Waals surface area contributed by atoms with Crippen molar-refractivity contribution in [1.82, 2.24) is 0 Å². The molecule has 10 atom stereocenters. The Balaban J connectivity index is 1.37. The lowest BCUT2D eigenvalue weighted by Gasteiger charge is -2.50. The van der Waals surface area contributed by atoms with Crippen molar-refractivity contribution in [1.29, 1.82) is 0 Å². The Bertz CT molecular complexity index is 1890. The van der Waals surface area contributed by atoms with Gasteiger partial charge in [-0.25, -0.2) is 4.79 Å². The van der Waals surface area contributed by atoms with Crippen LogP contribution in [-0.4, -0.2) is 83.3 Å². The van der Waals surface area contributed by atoms with Gasteiger partial charge in [0.25, 0.3) is 5.69 Å². The lowest BCUT2D eigenvalue weighted by atomic mass is 9.70. The van der Waals surface area contributed by atoms with Crippen LogP contribution in [0.4, 0.5) is 5.69 Å². The third-order valence-electron chi connectivity index (χ3n) is 11.7. The highest BCUT2D eigenvalue weighted by Gasteiger charge is 2.61. The Hall–Kier alpha value is -4.43. The van der Waals surface area contributed by atoms with Crippen LogP contribution in [0.15, 0.2) is 88.2 Å². The van der Waals surface area contributed by atoms with E-state index in [1.807, 2.05) is 19.1 Å². The number of non-ortho nitro benzene ring substituents is 1. The van der Waals surface area contributed by atoms with Crippen molar-refractivity contribution in [3.63, 3.8) is 0 Å². The number of ether oxygens (including phenoxy) is 5. The van der Waals surface area contributed by atoms with Crippen LogP contribution in [0.1, 0.15) is 90.9 Å². The standard InChI is InChI=1S/C44H56N2O11/c1-25(2)18-28(5)38-30(7)37(45-52-8)23-43(57-38)22-35-21-34(56-43)17-12-27(4)19-26(3)10-9-11-32-24-53-40-39(29(6)20-36(42(48)54-35)44(32,40)49)55-41(47)31-13-15-33(16-14-31)46(50)51/h9-16,18,20,25-26,30,34-36,38-40,49H,17,19,21-24H2,1-8H3/b10-9+,27-12+,28-18+,32-11+,45-37+/t26-,30-,34+,35-,36-,38+,39+,40+,43-,44+/m0/s1. The molecule has 1 aromatic carbocycles. The summed E-state index contributed by atoms with van der Waals surface area (Å²) in [6.07, 6.45) is 10.4. The number of carbonyl (C=O) groups excluding carboxylic acids is 2. The van der Waals surface area contributed by atoms with Gasteiger partial charge in [-0.05, 0) is 74.3 Å². The number of oxime groups is 1. The molecule has 2 bridgehead atoms. The average molecular weight is 789 g/mol. The summed E-state index contributed by atoms with van der Waals surface area (Å²) in [5.41, 5.74) is 1.95. The summed E-state index contributed by atoms with van der Waals surface area (Å²) in [4.78, 5) is 43.9. The van der Waals surface area contributed by atoms with Gasteiger partial charge in [-0.3, -0.25) is 14.9 Å². The van der Waals surface area contributed by atoms with Gasteiger partial charge in [-0.2, -0.15) is 0 Å². The predicted molar refractivity (Wildman–Crippen MR) is 212 cm³/mol. The summed E-state index contributed by atoms with van der Waals surface area (Å²) in [7, 11) is 1.52. The molecule has 57 heavy (non-hydrogen) atoms. The summed E-state index contributed by atoms with van der Waals surface area (Å²) in [5.74, 6) is -3.43. The maximum absolute atomic E-state index is 14.6. The normalized spacial score (nSPS) is 37.9. The number of hydrogen-bond donors (Lipinski definition) is 1. The molecule has 0 amide bonds. The monoisotopic (exact) mass is 788 g/mol. The number of aliphatic hydroxyl groups is 1. The van der Waals surface area contributed by atoms with Gasteiger partial charge in [-0.15, -0.1) is 0 Å². The molecule has 308 valence electrons. The zero-order valence-corrected chi connectivity index (χ0v) is 34.1. The number of nitrogens with zero attached hydrogens (tertiary/aromatic N) is 2. The summed E-state index contributed by atoms with van der Waals surface area (Å²) in [6, 6.07) is 5.06. The molecule has 1 N–H and O–H groups in total. The maximum Gasteiger partial charge on any atom is 0.338 e. The third kappa shape index (κ3) is 9.01. The third-order valence-corrected chi connectivity index (χ3v) is 11.7. The van der Waals surface area contributed by atoms with Gasteiger partial charge in [0.2, 0.25) is 0 Å². The molecule has 5 aliphatic rings. The second kappa shape index (κ2) is 17.2. The van der Waals surface area contributed by atoms with Crippen molar-refractivity contribution in [2.45, 2.75) is 122 Å². The molecule has 0 saturated carbocycles. The molecule has 0 unspecified atom stereocenters. The van der Waals surface area contributed by atoms with E-state index in [2.05, 4.69) is 51.9 Å². The zero-order valence-electron chi connectivity index (χ0n) is 34.1. The number of rotatable bonds is 6. The van der Waals surface area contributed by atoms with Crippen molar-refractivity contribution in [2.24, 2.45) is 28.8 Å². The highest BCUT2D eigenvalue weighted by Crippen LogP contribution is 2.48. The molecule has 1 spiro atoms. The van der Waals surface area contributed by atoms with Crippen molar-refractivity contribution in [3.8, 4) is 0 Å². The molecule has 0 radical (unpaired) electrons. The first kappa shape index (κ1) is 42.2. The number of nitro groups is 1. The number of fused-ring (bicyclic) bond motifs is 2. The van der Waals surface area contributed by atoms with Gasteiger partial charge in [-0.1, -0.05) is 74.9 Å². The minimum atomic E-state index is -1.93. The van der Waals surface area contributed by atoms with Crippen LogP contribution in [0.2, 0.25) is 0 Å². The molecule has 3 fully saturated rings. The smallest absolute Gasteiger partial charge is 0.338 e. The summed E-state index contributed by atoms with van der Waals surface area (Å²) >= 11 is 0. The number of esters is 2. The van der Waals surface area contributed by atoms with E-state index in [9.17, 15) is 24.8 Å². The second-order valence-corrected chi connectivity index (χ2v) is 16.7. The molecular weight excluding hydrogens is 732 g/mol. The molecule has 0 aromatic heterocycles. The first-order valence-electron chi connectivity index (χ1n) is 19.9. The van der Waals surface area contributed by atoms with Crippen LogP contribution in [0.3, 0.4) is 0 Å². The Morgan fingerprint density at radius 2 is 1.88 bits per heavy atom. The largest absolute Gasteiger partial charge is 0.462 e. The molecule has 4 heterocycles. The SMILES string of the molecule is CO/N=C1\C[C@]2(C[C@@H]3C[C@@H](C/C=C(\C)C[C@@H](C)/C=C/C=C4\CO[C@@H]5[C@H](OC(=O)c6ccc([N+](=O)[O-])cc6)C(C)=C[C@@H](C(=O)O3)[C@]45O)O2)O[C@H](/C(C)=C/C(C)C)[C@H]1C. The highest BCUT2D eigenvalue weighted by molar-refractivity contribution is 5.90. The number of hydrogen-bond acceptors (Lipinski definition) is 12. The lowest BCUT2D eigenvalue weighted by molar-refractivity contribution is -0.384. The Labute approximate surface area is 334 Å².